The van der Waals surface area contributed by atoms with E-state index in [1.165, 1.54) is 93.1 Å². The first kappa shape index (κ1) is 89.2. The number of aromatic hydroxyl groups is 1. The van der Waals surface area contributed by atoms with Crippen LogP contribution in [-0.4, -0.2) is 163 Å². The third-order valence-electron chi connectivity index (χ3n) is 15.8. The average molecular weight is 1700 g/mol. The van der Waals surface area contributed by atoms with Crippen molar-refractivity contribution in [3.63, 3.8) is 0 Å². The van der Waals surface area contributed by atoms with E-state index in [0.717, 1.165) is 36.4 Å². The van der Waals surface area contributed by atoms with Crippen LogP contribution in [0.15, 0.2) is 249 Å². The van der Waals surface area contributed by atoms with Crippen LogP contribution in [0.4, 0.5) is 96.6 Å². The minimum Gasteiger partial charge on any atom is -0.506 e. The lowest BCUT2D eigenvalue weighted by molar-refractivity contribution is -0.119. The third-order valence-corrected chi connectivity index (χ3v) is 18.4. The van der Waals surface area contributed by atoms with Crippen molar-refractivity contribution >= 4 is 165 Å². The number of amides is 2. The van der Waals surface area contributed by atoms with Crippen molar-refractivity contribution in [1.82, 2.24) is 15.0 Å². The van der Waals surface area contributed by atoms with Gasteiger partial charge in [-0.3, -0.25) is 14.8 Å². The number of carbonyl (C=O) groups excluding carboxylic acids is 2. The molecule has 10 aromatic rings. The number of ether oxygens (including phenoxy) is 3. The van der Waals surface area contributed by atoms with Crippen molar-refractivity contribution in [1.29, 1.82) is 5.26 Å². The molecule has 0 saturated carbocycles. The van der Waals surface area contributed by atoms with E-state index in [2.05, 4.69) is 87.7 Å². The van der Waals surface area contributed by atoms with Crippen LogP contribution >= 0.6 is 21.7 Å². The molecule has 2 heterocycles. The molecule has 0 aliphatic carbocycles. The van der Waals surface area contributed by atoms with Crippen molar-refractivity contribution in [2.75, 3.05) is 72.1 Å². The second-order valence-electron chi connectivity index (χ2n) is 25.6. The fourth-order valence-corrected chi connectivity index (χ4v) is 11.5. The lowest BCUT2D eigenvalue weighted by Gasteiger charge is -2.27. The Morgan fingerprint density at radius 1 is 0.467 bits per heavy atom. The maximum absolute atomic E-state index is 12.8. The highest BCUT2D eigenvalue weighted by molar-refractivity contribution is 8.19. The van der Waals surface area contributed by atoms with Crippen LogP contribution in [0.25, 0.3) is 0 Å². The summed E-state index contributed by atoms with van der Waals surface area (Å²) in [7, 11) is -9.43. The molecular formula is C75H71N19O23S3. The summed E-state index contributed by atoms with van der Waals surface area (Å²) >= 11 is 0. The van der Waals surface area contributed by atoms with E-state index >= 15 is 0 Å². The minimum absolute atomic E-state index is 0.0636. The summed E-state index contributed by atoms with van der Waals surface area (Å²) in [6.07, 6.45) is 0. The number of morpholine rings is 1. The number of Topliss-reactive ketones (excluding diaryl/α,β-unsaturated/α-hetero) is 1. The molecule has 0 bridgehead atoms. The number of ketones is 1. The van der Waals surface area contributed by atoms with E-state index in [4.69, 9.17) is 33.1 Å². The number of nitrogens with one attached hydrogen (secondary N) is 5. The second-order valence-corrected chi connectivity index (χ2v) is 30.0. The molecule has 1 aliphatic heterocycles. The van der Waals surface area contributed by atoms with Gasteiger partial charge in [0, 0.05) is 42.0 Å². The van der Waals surface area contributed by atoms with Crippen molar-refractivity contribution in [2.24, 2.45) is 51.4 Å². The van der Waals surface area contributed by atoms with E-state index in [-0.39, 0.29) is 94.5 Å². The Kier molecular flexibility index (Phi) is 29.6. The SMILES string of the molecule is CC(C)(C)C(=O)C(C#N)=NNc1cc(S(O)(O)O)ccc1O.COc1cc(N=Nc2cccc(S(O)(O)O)c2)ccc1NC(=O)Nc1ccc(N=Nc2cccc(S(=O)(=O)O)c2)cc1OC.O=C(O)c1cc(N=Nc2ccc(Nc3nc(Nc4ccc(N=Nc5cc(C(=O)O)cc(C(=O)O)c5)cc4)nc(N4CCOCC4)n3)cc2)cc(C(=O)O)c1. The fourth-order valence-electron chi connectivity index (χ4n) is 9.92. The van der Waals surface area contributed by atoms with Crippen LogP contribution in [0.5, 0.6) is 17.2 Å². The van der Waals surface area contributed by atoms with Crippen molar-refractivity contribution < 1.29 is 109 Å². The van der Waals surface area contributed by atoms with Gasteiger partial charge in [-0.15, -0.1) is 0 Å². The molecule has 45 heteroatoms. The first-order valence-electron chi connectivity index (χ1n) is 34.3. The summed E-state index contributed by atoms with van der Waals surface area (Å²) < 4.78 is 104. The molecule has 0 atom stereocenters. The van der Waals surface area contributed by atoms with Crippen LogP contribution in [-0.2, 0) is 19.6 Å². The molecule has 17 N–H and O–H groups in total. The van der Waals surface area contributed by atoms with Crippen molar-refractivity contribution in [3.8, 4) is 23.3 Å². The summed E-state index contributed by atoms with van der Waals surface area (Å²) in [5.41, 5.74) is 4.02. The molecule has 1 fully saturated rings. The first-order valence-corrected chi connectivity index (χ1v) is 38.7. The number of hydrogen-bond donors (Lipinski definition) is 17. The van der Waals surface area contributed by atoms with Gasteiger partial charge in [0.25, 0.3) is 10.1 Å². The highest BCUT2D eigenvalue weighted by Crippen LogP contribution is 2.47. The molecule has 120 heavy (non-hydrogen) atoms. The summed E-state index contributed by atoms with van der Waals surface area (Å²) in [6.45, 7) is 7.01. The maximum atomic E-state index is 12.8. The zero-order valence-corrected chi connectivity index (χ0v) is 65.5. The predicted octanol–water partition coefficient (Wildman–Crippen LogP) is 17.7. The Morgan fingerprint density at radius 3 is 1.24 bits per heavy atom. The Labute approximate surface area is 683 Å². The molecule has 1 saturated heterocycles. The van der Waals surface area contributed by atoms with Gasteiger partial charge in [0.15, 0.2) is 5.78 Å². The highest BCUT2D eigenvalue weighted by Gasteiger charge is 2.28. The first-order chi connectivity index (χ1) is 56.8. The van der Waals surface area contributed by atoms with E-state index in [9.17, 15) is 80.9 Å². The van der Waals surface area contributed by atoms with Gasteiger partial charge in [-0.25, -0.2) is 24.0 Å². The van der Waals surface area contributed by atoms with Crippen LogP contribution < -0.4 is 41.1 Å². The number of azo groups is 4. The molecule has 0 unspecified atom stereocenters. The fraction of sp³-hybridized carbons (Fsp3) is 0.133. The quantitative estimate of drug-likeness (QED) is 0.00747. The highest BCUT2D eigenvalue weighted by atomic mass is 32.3. The van der Waals surface area contributed by atoms with Crippen molar-refractivity contribution in [3.05, 3.63) is 210 Å². The zero-order chi connectivity index (χ0) is 87.2. The Bertz CT molecular complexity index is 5620. The number of phenols is 1. The Morgan fingerprint density at radius 2 is 0.850 bits per heavy atom. The van der Waals surface area contributed by atoms with Gasteiger partial charge in [-0.05, 0) is 164 Å². The lowest BCUT2D eigenvalue weighted by Crippen LogP contribution is -2.37. The van der Waals surface area contributed by atoms with Crippen LogP contribution in [0, 0.1) is 16.7 Å². The number of hydrogen-bond acceptors (Lipinski definition) is 35. The van der Waals surface area contributed by atoms with E-state index in [1.807, 2.05) is 4.90 Å². The predicted molar refractivity (Wildman–Crippen MR) is 438 cm³/mol. The molecule has 2 amide bonds. The van der Waals surface area contributed by atoms with E-state index < -0.39 is 78.7 Å². The molecule has 42 nitrogen and oxygen atoms in total. The number of phenolic OH excluding ortho intramolecular Hbond substituents is 1. The van der Waals surface area contributed by atoms with E-state index in [1.54, 1.807) is 99.6 Å². The molecule has 622 valence electrons. The normalized spacial score (nSPS) is 12.8. The number of benzene rings is 9. The number of carboxylic acids is 4. The summed E-state index contributed by atoms with van der Waals surface area (Å²) in [5, 5.41) is 103. The molecule has 1 aromatic heterocycles. The molecule has 9 aromatic carbocycles. The average Bonchev–Trinajstić information content (AvgIpc) is 0.875. The van der Waals surface area contributed by atoms with Gasteiger partial charge in [0.2, 0.25) is 23.6 Å². The number of nitrogens with zero attached hydrogens (tertiary/aromatic N) is 14. The second kappa shape index (κ2) is 39.8. The zero-order valence-electron chi connectivity index (χ0n) is 63.1. The monoisotopic (exact) mass is 1700 g/mol. The van der Waals surface area contributed by atoms with Gasteiger partial charge in [-0.2, -0.15) is 74.6 Å². The molecule has 11 rings (SSSR count). The molecule has 1 aliphatic rings. The number of anilines is 8. The molecular weight excluding hydrogens is 1630 g/mol. The molecule has 0 spiro atoms. The van der Waals surface area contributed by atoms with Crippen molar-refractivity contribution in [2.45, 2.75) is 35.5 Å². The molecule has 0 radical (unpaired) electrons. The van der Waals surface area contributed by atoms with Gasteiger partial charge in [0.05, 0.1) is 127 Å². The number of carboxylic acid groups (broad SMARTS) is 4. The number of urea groups is 1. The number of methoxy groups -OCH3 is 2. The number of rotatable bonds is 27. The summed E-state index contributed by atoms with van der Waals surface area (Å²) in [6, 6.07) is 44.8. The number of aromatic nitrogens is 3. The topological polar surface area (TPSA) is 644 Å². The summed E-state index contributed by atoms with van der Waals surface area (Å²) in [5.74, 6) is -4.58. The summed E-state index contributed by atoms with van der Waals surface area (Å²) in [4.78, 5) is 85.4. The van der Waals surface area contributed by atoms with Gasteiger partial charge >= 0.3 is 29.9 Å². The third kappa shape index (κ3) is 26.2. The number of carbonyl (C=O) groups is 6. The number of nitriles is 1. The number of aromatic carboxylic acids is 4. The standard InChI is InChI=1S/C35H28N10O9.C27H26N6O9S2.C13H17N3O5S/c46-29(47)19-13-20(30(48)49)16-27(15-19)43-41-25-5-1-23(2-6-25)36-33-38-34(40-35(39-33)45-9-11-54-12-10-45)37-24-3-7-26(8-4-24)42-44-28-17-21(31(50)51)14-22(18-28)32(52)53;1-41-25-15-19(32-30-17-5-3-7-21(13-17)43(35,36)37)9-11-23(25)28-27(34)29-24-12-10-20(16-26(24)42-2)33-31-18-6-4-8-22(14-18)44(38,39)40;1-13(2,3)12(18)10(7-14)16-15-9-6-8(22(19,20)21)4-5-11(9)17/h1-8,13-18H,9-12H2,(H,46,47)(H,48,49)(H,50,51)(H,52,53)(H2,36,37,38,39,40);3-16,35-37H,1-2H3,(H2,28,29,34)(H,38,39,40);4-6,15,17,19-21H,1-3H3. The number of hydrazone groups is 1. The van der Waals surface area contributed by atoms with Crippen LogP contribution in [0.1, 0.15) is 62.2 Å². The maximum Gasteiger partial charge on any atom is 0.335 e. The largest absolute Gasteiger partial charge is 0.506 e. The Balaban J connectivity index is 0.000000222. The lowest BCUT2D eigenvalue weighted by atomic mass is 9.88. The smallest absolute Gasteiger partial charge is 0.335 e. The Hall–Kier alpha value is -14.7. The van der Waals surface area contributed by atoms with Gasteiger partial charge in [0.1, 0.15) is 45.1 Å². The van der Waals surface area contributed by atoms with Gasteiger partial charge in [-0.1, -0.05) is 32.9 Å². The van der Waals surface area contributed by atoms with Crippen LogP contribution in [0.2, 0.25) is 0 Å². The van der Waals surface area contributed by atoms with E-state index in [0.29, 0.717) is 77.8 Å². The van der Waals surface area contributed by atoms with Crippen LogP contribution in [0.3, 0.4) is 0 Å². The minimum atomic E-state index is -4.39. The van der Waals surface area contributed by atoms with Gasteiger partial charge < -0.3 is 93.2 Å².